The van der Waals surface area contributed by atoms with Crippen molar-refractivity contribution in [1.82, 2.24) is 5.32 Å². The summed E-state index contributed by atoms with van der Waals surface area (Å²) in [6.07, 6.45) is 4.10. The summed E-state index contributed by atoms with van der Waals surface area (Å²) in [6.45, 7) is 7.52. The van der Waals surface area contributed by atoms with Gasteiger partial charge in [0.2, 0.25) is 0 Å². The molecule has 168 valence electrons. The molecule has 6 heteroatoms. The van der Waals surface area contributed by atoms with Gasteiger partial charge in [-0.2, -0.15) is 0 Å². The molecule has 0 fully saturated rings. The molecule has 2 atom stereocenters. The molecule has 0 saturated heterocycles. The van der Waals surface area contributed by atoms with E-state index in [1.807, 2.05) is 20.9 Å². The summed E-state index contributed by atoms with van der Waals surface area (Å²) in [5, 5.41) is 15.0. The van der Waals surface area contributed by atoms with Gasteiger partial charge in [0, 0.05) is 37.0 Å². The molecule has 0 radical (unpaired) electrons. The molecule has 0 aromatic heterocycles. The lowest BCUT2D eigenvalue weighted by atomic mass is 9.79. The van der Waals surface area contributed by atoms with E-state index in [0.717, 1.165) is 54.5 Å². The number of nitrogens with zero attached hydrogens (tertiary/aromatic N) is 1. The quantitative estimate of drug-likeness (QED) is 0.724. The van der Waals surface area contributed by atoms with Gasteiger partial charge in [-0.15, -0.1) is 0 Å². The third kappa shape index (κ3) is 3.65. The fourth-order valence-electron chi connectivity index (χ4n) is 5.51. The van der Waals surface area contributed by atoms with Crippen LogP contribution in [-0.4, -0.2) is 56.4 Å². The zero-order valence-corrected chi connectivity index (χ0v) is 19.0. The lowest BCUT2D eigenvalue weighted by molar-refractivity contribution is -0.107. The lowest BCUT2D eigenvalue weighted by Gasteiger charge is -2.43. The molecule has 3 aliphatic rings. The van der Waals surface area contributed by atoms with Crippen LogP contribution in [0.2, 0.25) is 0 Å². The zero-order valence-electron chi connectivity index (χ0n) is 19.0. The zero-order chi connectivity index (χ0) is 22.3. The topological polar surface area (TPSA) is 61.8 Å². The van der Waals surface area contributed by atoms with Gasteiger partial charge in [0.05, 0.1) is 19.3 Å². The number of nitrogens with one attached hydrogen (secondary N) is 1. The standard InChI is InChI=1S/C25H33FN2O3/c1-5-25(30)14-31-13-17(12-29)24(25)22-11-27-10-15(2)18-7-6-8-19-16(3)20(26)9-21(23(18)19)28(22)4/h9,12,22,27,30H,5-8,10-11,13-14H2,1-4H3/b18-15+/t22?,25-/m1/s1. The van der Waals surface area contributed by atoms with Crippen molar-refractivity contribution in [3.8, 4) is 0 Å². The Kier molecular flexibility index (Phi) is 6.08. The molecule has 0 saturated carbocycles. The molecule has 2 aliphatic heterocycles. The Labute approximate surface area is 184 Å². The molecule has 1 unspecified atom stereocenters. The third-order valence-corrected chi connectivity index (χ3v) is 7.38. The normalized spacial score (nSPS) is 29.2. The molecule has 1 aliphatic carbocycles. The van der Waals surface area contributed by atoms with E-state index < -0.39 is 5.60 Å². The number of allylic oxidation sites excluding steroid dienone is 1. The molecule has 2 N–H and O–H groups in total. The number of carbonyl (C=O) groups excluding carboxylic acids is 1. The van der Waals surface area contributed by atoms with E-state index in [9.17, 15) is 9.90 Å². The highest BCUT2D eigenvalue weighted by atomic mass is 19.1. The number of aldehydes is 1. The van der Waals surface area contributed by atoms with Crippen LogP contribution in [0.5, 0.6) is 0 Å². The number of benzene rings is 1. The maximum atomic E-state index is 15.0. The summed E-state index contributed by atoms with van der Waals surface area (Å²) in [6, 6.07) is 1.34. The number of aliphatic hydroxyl groups is 1. The van der Waals surface area contributed by atoms with Crippen LogP contribution in [0, 0.1) is 12.7 Å². The summed E-state index contributed by atoms with van der Waals surface area (Å²) < 4.78 is 20.6. The van der Waals surface area contributed by atoms with Crippen LogP contribution in [0.4, 0.5) is 10.1 Å². The molecular formula is C25H33FN2O3. The van der Waals surface area contributed by atoms with Crippen molar-refractivity contribution >= 4 is 17.5 Å². The Morgan fingerprint density at radius 1 is 1.39 bits per heavy atom. The van der Waals surface area contributed by atoms with Crippen molar-refractivity contribution in [1.29, 1.82) is 0 Å². The van der Waals surface area contributed by atoms with Crippen LogP contribution in [0.3, 0.4) is 0 Å². The number of anilines is 1. The minimum Gasteiger partial charge on any atom is -0.383 e. The van der Waals surface area contributed by atoms with Gasteiger partial charge in [-0.1, -0.05) is 12.5 Å². The van der Waals surface area contributed by atoms with Crippen molar-refractivity contribution in [3.63, 3.8) is 0 Å². The number of likely N-dealkylation sites (N-methyl/N-ethyl adjacent to an activating group) is 1. The van der Waals surface area contributed by atoms with E-state index in [0.29, 0.717) is 24.1 Å². The predicted octanol–water partition coefficient (Wildman–Crippen LogP) is 3.32. The van der Waals surface area contributed by atoms with E-state index in [1.54, 1.807) is 6.07 Å². The van der Waals surface area contributed by atoms with Crippen LogP contribution in [0.1, 0.15) is 49.8 Å². The summed E-state index contributed by atoms with van der Waals surface area (Å²) in [7, 11) is 1.95. The molecule has 0 spiro atoms. The van der Waals surface area contributed by atoms with E-state index >= 15 is 4.39 Å². The Hall–Kier alpha value is -2.02. The van der Waals surface area contributed by atoms with Crippen molar-refractivity contribution in [2.45, 2.75) is 58.1 Å². The minimum absolute atomic E-state index is 0.156. The molecule has 1 aromatic rings. The first-order valence-electron chi connectivity index (χ1n) is 11.3. The Balaban J connectivity index is 1.95. The first kappa shape index (κ1) is 22.2. The maximum absolute atomic E-state index is 15.0. The molecule has 4 rings (SSSR count). The summed E-state index contributed by atoms with van der Waals surface area (Å²) >= 11 is 0. The van der Waals surface area contributed by atoms with Gasteiger partial charge in [-0.05, 0) is 67.9 Å². The number of halogens is 1. The average molecular weight is 429 g/mol. The number of ether oxygens (including phenoxy) is 1. The van der Waals surface area contributed by atoms with Crippen LogP contribution in [0.15, 0.2) is 22.8 Å². The number of hydrogen-bond donors (Lipinski definition) is 2. The Morgan fingerprint density at radius 3 is 2.87 bits per heavy atom. The van der Waals surface area contributed by atoms with E-state index in [-0.39, 0.29) is 25.1 Å². The van der Waals surface area contributed by atoms with E-state index in [4.69, 9.17) is 4.74 Å². The SMILES string of the molecule is CC[C@@]1(O)COCC(C=O)=C1C1CNC/C(C)=C2\CCCc3c(C)c(F)cc(c32)N1C. The summed E-state index contributed by atoms with van der Waals surface area (Å²) in [4.78, 5) is 14.0. The molecule has 0 amide bonds. The summed E-state index contributed by atoms with van der Waals surface area (Å²) in [5.74, 6) is -0.201. The van der Waals surface area contributed by atoms with Gasteiger partial charge < -0.3 is 20.1 Å². The average Bonchev–Trinajstić information content (AvgIpc) is 2.82. The summed E-state index contributed by atoms with van der Waals surface area (Å²) in [5.41, 5.74) is 6.31. The van der Waals surface area contributed by atoms with Gasteiger partial charge in [-0.3, -0.25) is 4.79 Å². The number of hydrogen-bond acceptors (Lipinski definition) is 5. The Bertz CT molecular complexity index is 968. The molecular weight excluding hydrogens is 395 g/mol. The first-order valence-corrected chi connectivity index (χ1v) is 11.3. The third-order valence-electron chi connectivity index (χ3n) is 7.38. The van der Waals surface area contributed by atoms with Gasteiger partial charge in [0.1, 0.15) is 17.7 Å². The van der Waals surface area contributed by atoms with Gasteiger partial charge in [0.15, 0.2) is 0 Å². The largest absolute Gasteiger partial charge is 0.383 e. The number of rotatable bonds is 3. The maximum Gasteiger partial charge on any atom is 0.148 e. The highest BCUT2D eigenvalue weighted by molar-refractivity contribution is 5.84. The molecule has 5 nitrogen and oxygen atoms in total. The fourth-order valence-corrected chi connectivity index (χ4v) is 5.51. The first-order chi connectivity index (χ1) is 14.8. The fraction of sp³-hybridized carbons (Fsp3) is 0.560. The molecule has 2 heterocycles. The lowest BCUT2D eigenvalue weighted by Crippen LogP contribution is -2.53. The smallest absolute Gasteiger partial charge is 0.148 e. The van der Waals surface area contributed by atoms with Gasteiger partial charge in [0.25, 0.3) is 0 Å². The van der Waals surface area contributed by atoms with Crippen LogP contribution >= 0.6 is 0 Å². The highest BCUT2D eigenvalue weighted by Crippen LogP contribution is 2.44. The minimum atomic E-state index is -1.22. The highest BCUT2D eigenvalue weighted by Gasteiger charge is 2.42. The van der Waals surface area contributed by atoms with Crippen molar-refractivity contribution in [2.24, 2.45) is 0 Å². The van der Waals surface area contributed by atoms with Crippen molar-refractivity contribution in [2.75, 3.05) is 38.3 Å². The molecule has 31 heavy (non-hydrogen) atoms. The van der Waals surface area contributed by atoms with E-state index in [1.165, 1.54) is 11.1 Å². The van der Waals surface area contributed by atoms with Crippen molar-refractivity contribution in [3.05, 3.63) is 45.3 Å². The van der Waals surface area contributed by atoms with Gasteiger partial charge >= 0.3 is 0 Å². The molecule has 0 bridgehead atoms. The van der Waals surface area contributed by atoms with Crippen LogP contribution < -0.4 is 10.2 Å². The van der Waals surface area contributed by atoms with E-state index in [2.05, 4.69) is 17.1 Å². The second kappa shape index (κ2) is 8.49. The second-order valence-electron chi connectivity index (χ2n) is 9.16. The van der Waals surface area contributed by atoms with Crippen molar-refractivity contribution < 1.29 is 19.0 Å². The van der Waals surface area contributed by atoms with Crippen LogP contribution in [-0.2, 0) is 16.0 Å². The van der Waals surface area contributed by atoms with Crippen LogP contribution in [0.25, 0.3) is 5.57 Å². The van der Waals surface area contributed by atoms with Gasteiger partial charge in [-0.25, -0.2) is 4.39 Å². The number of carbonyl (C=O) groups is 1. The monoisotopic (exact) mass is 428 g/mol. The Morgan fingerprint density at radius 2 is 2.16 bits per heavy atom. The second-order valence-corrected chi connectivity index (χ2v) is 9.16. The molecule has 1 aromatic carbocycles. The predicted molar refractivity (Wildman–Crippen MR) is 121 cm³/mol.